The Bertz CT molecular complexity index is 346. The van der Waals surface area contributed by atoms with Crippen LogP contribution in [0.3, 0.4) is 0 Å². The van der Waals surface area contributed by atoms with Gasteiger partial charge in [-0.05, 0) is 5.92 Å². The lowest BCUT2D eigenvalue weighted by atomic mass is 10.0. The smallest absolute Gasteiger partial charge is 0.219 e. The average molecular weight is 311 g/mol. The molecule has 22 heavy (non-hydrogen) atoms. The van der Waals surface area contributed by atoms with Crippen molar-refractivity contribution in [3.8, 4) is 0 Å². The molecule has 1 saturated heterocycles. The second kappa shape index (κ2) is 10.4. The normalized spacial score (nSPS) is 17.0. The third-order valence-electron chi connectivity index (χ3n) is 4.47. The summed E-state index contributed by atoms with van der Waals surface area (Å²) in [4.78, 5) is 19.9. The van der Waals surface area contributed by atoms with Crippen molar-refractivity contribution in [1.82, 2.24) is 20.4 Å². The zero-order valence-corrected chi connectivity index (χ0v) is 14.7. The van der Waals surface area contributed by atoms with E-state index in [9.17, 15) is 4.79 Å². The first-order chi connectivity index (χ1) is 10.6. The Kier molecular flexibility index (Phi) is 8.89. The van der Waals surface area contributed by atoms with Crippen LogP contribution in [0.1, 0.15) is 33.6 Å². The molecule has 0 spiro atoms. The fourth-order valence-electron chi connectivity index (χ4n) is 2.66. The number of carbonyl (C=O) groups excluding carboxylic acids is 1. The molecular weight excluding hydrogens is 278 g/mol. The van der Waals surface area contributed by atoms with Crippen LogP contribution in [0.5, 0.6) is 0 Å². The second-order valence-electron chi connectivity index (χ2n) is 5.91. The van der Waals surface area contributed by atoms with Gasteiger partial charge in [-0.1, -0.05) is 26.7 Å². The highest BCUT2D eigenvalue weighted by molar-refractivity contribution is 5.79. The lowest BCUT2D eigenvalue weighted by Gasteiger charge is -2.34. The van der Waals surface area contributed by atoms with Crippen molar-refractivity contribution < 1.29 is 4.79 Å². The minimum atomic E-state index is 0.184. The van der Waals surface area contributed by atoms with E-state index in [1.54, 1.807) is 6.92 Å². The van der Waals surface area contributed by atoms with Gasteiger partial charge in [0.1, 0.15) is 0 Å². The fourth-order valence-corrected chi connectivity index (χ4v) is 2.66. The van der Waals surface area contributed by atoms with Gasteiger partial charge in [-0.3, -0.25) is 14.7 Å². The second-order valence-corrected chi connectivity index (χ2v) is 5.91. The zero-order valence-electron chi connectivity index (χ0n) is 14.7. The predicted octanol–water partition coefficient (Wildman–Crippen LogP) is 0.752. The maximum atomic E-state index is 11.3. The van der Waals surface area contributed by atoms with E-state index in [4.69, 9.17) is 0 Å². The topological polar surface area (TPSA) is 60.0 Å². The van der Waals surface area contributed by atoms with Gasteiger partial charge in [0, 0.05) is 59.8 Å². The molecule has 1 fully saturated rings. The van der Waals surface area contributed by atoms with Gasteiger partial charge in [0.25, 0.3) is 0 Å². The van der Waals surface area contributed by atoms with E-state index in [1.807, 2.05) is 11.9 Å². The maximum absolute atomic E-state index is 11.3. The van der Waals surface area contributed by atoms with Crippen LogP contribution < -0.4 is 10.6 Å². The third kappa shape index (κ3) is 6.64. The quantitative estimate of drug-likeness (QED) is 0.538. The molecule has 1 amide bonds. The Morgan fingerprint density at radius 1 is 1.14 bits per heavy atom. The Hall–Kier alpha value is -1.30. The summed E-state index contributed by atoms with van der Waals surface area (Å²) < 4.78 is 0. The van der Waals surface area contributed by atoms with Crippen LogP contribution in [0.15, 0.2) is 4.99 Å². The standard InChI is InChI=1S/C16H33N5O/c1-5-15(6-2)13-19-16(17-4)18-7-8-20-9-11-21(12-10-20)14(3)22/h15H,5-13H2,1-4H3,(H2,17,18,19). The van der Waals surface area contributed by atoms with Crippen LogP contribution in [0.4, 0.5) is 0 Å². The van der Waals surface area contributed by atoms with Gasteiger partial charge >= 0.3 is 0 Å². The molecule has 6 nitrogen and oxygen atoms in total. The van der Waals surface area contributed by atoms with Crippen LogP contribution in [0, 0.1) is 5.92 Å². The largest absolute Gasteiger partial charge is 0.356 e. The summed E-state index contributed by atoms with van der Waals surface area (Å²) in [6, 6.07) is 0. The number of amides is 1. The molecule has 2 N–H and O–H groups in total. The molecule has 0 radical (unpaired) electrons. The minimum absolute atomic E-state index is 0.184. The van der Waals surface area contributed by atoms with Crippen LogP contribution in [0.25, 0.3) is 0 Å². The summed E-state index contributed by atoms with van der Waals surface area (Å²) >= 11 is 0. The molecule has 1 aliphatic rings. The number of rotatable bonds is 7. The molecule has 1 heterocycles. The highest BCUT2D eigenvalue weighted by Crippen LogP contribution is 2.04. The average Bonchev–Trinajstić information content (AvgIpc) is 2.54. The van der Waals surface area contributed by atoms with Crippen molar-refractivity contribution in [2.75, 3.05) is 52.9 Å². The summed E-state index contributed by atoms with van der Waals surface area (Å²) in [5, 5.41) is 6.77. The van der Waals surface area contributed by atoms with E-state index in [0.717, 1.165) is 51.8 Å². The first-order valence-corrected chi connectivity index (χ1v) is 8.53. The molecule has 0 aromatic carbocycles. The van der Waals surface area contributed by atoms with Crippen molar-refractivity contribution in [3.05, 3.63) is 0 Å². The van der Waals surface area contributed by atoms with Crippen LogP contribution in [-0.2, 0) is 4.79 Å². The zero-order chi connectivity index (χ0) is 16.4. The summed E-state index contributed by atoms with van der Waals surface area (Å²) in [7, 11) is 1.81. The molecule has 0 saturated carbocycles. The van der Waals surface area contributed by atoms with Gasteiger partial charge in [0.15, 0.2) is 5.96 Å². The fraction of sp³-hybridized carbons (Fsp3) is 0.875. The van der Waals surface area contributed by atoms with E-state index in [2.05, 4.69) is 34.4 Å². The number of carbonyl (C=O) groups is 1. The van der Waals surface area contributed by atoms with Crippen molar-refractivity contribution in [3.63, 3.8) is 0 Å². The molecule has 6 heteroatoms. The highest BCUT2D eigenvalue weighted by atomic mass is 16.2. The Morgan fingerprint density at radius 3 is 2.27 bits per heavy atom. The maximum Gasteiger partial charge on any atom is 0.219 e. The third-order valence-corrected chi connectivity index (χ3v) is 4.47. The SMILES string of the molecule is CCC(CC)CNC(=NC)NCCN1CCN(C(C)=O)CC1. The van der Waals surface area contributed by atoms with Crippen molar-refractivity contribution in [2.45, 2.75) is 33.6 Å². The minimum Gasteiger partial charge on any atom is -0.356 e. The summed E-state index contributed by atoms with van der Waals surface area (Å²) in [5.74, 6) is 1.77. The van der Waals surface area contributed by atoms with Gasteiger partial charge in [0.05, 0.1) is 0 Å². The lowest BCUT2D eigenvalue weighted by Crippen LogP contribution is -2.50. The van der Waals surface area contributed by atoms with Gasteiger partial charge in [0.2, 0.25) is 5.91 Å². The Balaban J connectivity index is 2.18. The van der Waals surface area contributed by atoms with Gasteiger partial charge in [-0.25, -0.2) is 0 Å². The first-order valence-electron chi connectivity index (χ1n) is 8.53. The molecule has 0 aliphatic carbocycles. The van der Waals surface area contributed by atoms with E-state index in [0.29, 0.717) is 5.92 Å². The summed E-state index contributed by atoms with van der Waals surface area (Å²) in [6.45, 7) is 12.5. The molecule has 1 rings (SSSR count). The molecule has 128 valence electrons. The van der Waals surface area contributed by atoms with E-state index in [1.165, 1.54) is 12.8 Å². The van der Waals surface area contributed by atoms with Crippen molar-refractivity contribution >= 4 is 11.9 Å². The molecule has 0 aromatic heterocycles. The predicted molar refractivity (Wildman–Crippen MR) is 92.1 cm³/mol. The number of piperazine rings is 1. The van der Waals surface area contributed by atoms with Crippen LogP contribution >= 0.6 is 0 Å². The van der Waals surface area contributed by atoms with E-state index in [-0.39, 0.29) is 5.91 Å². The highest BCUT2D eigenvalue weighted by Gasteiger charge is 2.17. The lowest BCUT2D eigenvalue weighted by molar-refractivity contribution is -0.130. The number of hydrogen-bond acceptors (Lipinski definition) is 3. The molecule has 0 atom stereocenters. The van der Waals surface area contributed by atoms with Crippen LogP contribution in [0.2, 0.25) is 0 Å². The van der Waals surface area contributed by atoms with Gasteiger partial charge in [-0.2, -0.15) is 0 Å². The molecule has 0 bridgehead atoms. The monoisotopic (exact) mass is 311 g/mol. The number of hydrogen-bond donors (Lipinski definition) is 2. The summed E-state index contributed by atoms with van der Waals surface area (Å²) in [5.41, 5.74) is 0. The molecule has 1 aliphatic heterocycles. The van der Waals surface area contributed by atoms with Gasteiger partial charge in [-0.15, -0.1) is 0 Å². The Morgan fingerprint density at radius 2 is 1.77 bits per heavy atom. The number of aliphatic imine (C=N–C) groups is 1. The molecule has 0 aromatic rings. The van der Waals surface area contributed by atoms with Crippen LogP contribution in [-0.4, -0.2) is 74.5 Å². The Labute approximate surface area is 135 Å². The van der Waals surface area contributed by atoms with Crippen molar-refractivity contribution in [2.24, 2.45) is 10.9 Å². The van der Waals surface area contributed by atoms with E-state index >= 15 is 0 Å². The number of nitrogens with zero attached hydrogens (tertiary/aromatic N) is 3. The van der Waals surface area contributed by atoms with E-state index < -0.39 is 0 Å². The molecular formula is C16H33N5O. The summed E-state index contributed by atoms with van der Waals surface area (Å²) in [6.07, 6.45) is 2.39. The van der Waals surface area contributed by atoms with Crippen molar-refractivity contribution in [1.29, 1.82) is 0 Å². The van der Waals surface area contributed by atoms with Gasteiger partial charge < -0.3 is 15.5 Å². The molecule has 0 unspecified atom stereocenters. The number of nitrogens with one attached hydrogen (secondary N) is 2. The first kappa shape index (κ1) is 18.7. The number of guanidine groups is 1.